The molecule has 0 heterocycles. The van der Waals surface area contributed by atoms with Crippen molar-refractivity contribution in [1.82, 2.24) is 4.90 Å². The van der Waals surface area contributed by atoms with Crippen molar-refractivity contribution in [3.8, 4) is 5.75 Å². The highest BCUT2D eigenvalue weighted by Gasteiger charge is 2.16. The van der Waals surface area contributed by atoms with Gasteiger partial charge in [-0.25, -0.2) is 0 Å². The van der Waals surface area contributed by atoms with E-state index in [1.807, 2.05) is 54.6 Å². The predicted octanol–water partition coefficient (Wildman–Crippen LogP) is 3.17. The van der Waals surface area contributed by atoms with Crippen LogP contribution in [0.25, 0.3) is 0 Å². The van der Waals surface area contributed by atoms with Crippen LogP contribution >= 0.6 is 12.4 Å². The zero-order valence-corrected chi connectivity index (χ0v) is 14.3. The molecule has 2 rings (SSSR count). The Morgan fingerprint density at radius 1 is 1.13 bits per heavy atom. The monoisotopic (exact) mass is 334 g/mol. The van der Waals surface area contributed by atoms with Gasteiger partial charge in [-0.15, -0.1) is 12.4 Å². The number of methoxy groups -OCH3 is 1. The quantitative estimate of drug-likeness (QED) is 0.882. The Kier molecular flexibility index (Phi) is 7.59. The molecule has 2 N–H and O–H groups in total. The molecule has 1 unspecified atom stereocenters. The van der Waals surface area contributed by atoms with Crippen LogP contribution < -0.4 is 10.5 Å². The molecule has 2 aromatic rings. The van der Waals surface area contributed by atoms with Crippen molar-refractivity contribution in [1.29, 1.82) is 0 Å². The van der Waals surface area contributed by atoms with E-state index in [9.17, 15) is 4.79 Å². The van der Waals surface area contributed by atoms with Gasteiger partial charge in [0.25, 0.3) is 0 Å². The second-order valence-corrected chi connectivity index (χ2v) is 5.28. The van der Waals surface area contributed by atoms with Crippen molar-refractivity contribution >= 4 is 18.3 Å². The maximum absolute atomic E-state index is 12.3. The van der Waals surface area contributed by atoms with Crippen LogP contribution in [0.1, 0.15) is 23.6 Å². The number of halogens is 1. The molecule has 0 radical (unpaired) electrons. The number of ether oxygens (including phenoxy) is 1. The summed E-state index contributed by atoms with van der Waals surface area (Å²) in [5.41, 5.74) is 8.07. The Balaban J connectivity index is 0.00000264. The first kappa shape index (κ1) is 19.0. The predicted molar refractivity (Wildman–Crippen MR) is 94.7 cm³/mol. The Hall–Kier alpha value is -2.04. The average Bonchev–Trinajstić information content (AvgIpc) is 2.56. The fraction of sp³-hybridized carbons (Fsp3) is 0.278. The maximum atomic E-state index is 12.3. The number of carbonyl (C=O) groups is 1. The van der Waals surface area contributed by atoms with Gasteiger partial charge in [0.15, 0.2) is 0 Å². The van der Waals surface area contributed by atoms with Gasteiger partial charge in [0, 0.05) is 31.6 Å². The molecule has 0 aromatic heterocycles. The van der Waals surface area contributed by atoms with Crippen LogP contribution in [0.4, 0.5) is 0 Å². The summed E-state index contributed by atoms with van der Waals surface area (Å²) in [5, 5.41) is 0. The summed E-state index contributed by atoms with van der Waals surface area (Å²) < 4.78 is 5.31. The normalized spacial score (nSPS) is 11.3. The zero-order chi connectivity index (χ0) is 15.9. The number of hydrogen-bond acceptors (Lipinski definition) is 3. The Labute approximate surface area is 143 Å². The molecule has 124 valence electrons. The lowest BCUT2D eigenvalue weighted by Gasteiger charge is -2.21. The SMILES string of the molecule is COc1ccccc1CN(C)C(=O)CC(N)c1ccccc1.Cl. The molecule has 0 saturated carbocycles. The van der Waals surface area contributed by atoms with Crippen LogP contribution in [-0.2, 0) is 11.3 Å². The molecular weight excluding hydrogens is 312 g/mol. The molecule has 0 aliphatic rings. The van der Waals surface area contributed by atoms with Gasteiger partial charge in [-0.05, 0) is 11.6 Å². The highest BCUT2D eigenvalue weighted by atomic mass is 35.5. The third-order valence-corrected chi connectivity index (χ3v) is 3.65. The van der Waals surface area contributed by atoms with E-state index in [2.05, 4.69) is 0 Å². The summed E-state index contributed by atoms with van der Waals surface area (Å²) in [4.78, 5) is 14.0. The molecule has 1 amide bonds. The molecule has 0 spiro atoms. The summed E-state index contributed by atoms with van der Waals surface area (Å²) in [5.74, 6) is 0.803. The largest absolute Gasteiger partial charge is 0.496 e. The number of carbonyl (C=O) groups excluding carboxylic acids is 1. The molecule has 1 atom stereocenters. The lowest BCUT2D eigenvalue weighted by Crippen LogP contribution is -2.29. The van der Waals surface area contributed by atoms with Gasteiger partial charge in [-0.3, -0.25) is 4.79 Å². The first-order valence-corrected chi connectivity index (χ1v) is 7.28. The minimum Gasteiger partial charge on any atom is -0.496 e. The highest BCUT2D eigenvalue weighted by Crippen LogP contribution is 2.20. The van der Waals surface area contributed by atoms with Gasteiger partial charge >= 0.3 is 0 Å². The minimum atomic E-state index is -0.284. The van der Waals surface area contributed by atoms with E-state index in [0.717, 1.165) is 16.9 Å². The number of para-hydroxylation sites is 1. The smallest absolute Gasteiger partial charge is 0.224 e. The van der Waals surface area contributed by atoms with Crippen molar-refractivity contribution < 1.29 is 9.53 Å². The zero-order valence-electron chi connectivity index (χ0n) is 13.4. The number of hydrogen-bond donors (Lipinski definition) is 1. The van der Waals surface area contributed by atoms with Gasteiger partial charge in [0.05, 0.1) is 7.11 Å². The van der Waals surface area contributed by atoms with Gasteiger partial charge in [0.1, 0.15) is 5.75 Å². The van der Waals surface area contributed by atoms with Crippen LogP contribution in [0, 0.1) is 0 Å². The first-order chi connectivity index (χ1) is 10.6. The minimum absolute atomic E-state index is 0. The van der Waals surface area contributed by atoms with Crippen LogP contribution in [0.15, 0.2) is 54.6 Å². The lowest BCUT2D eigenvalue weighted by atomic mass is 10.0. The fourth-order valence-electron chi connectivity index (χ4n) is 2.34. The molecular formula is C18H23ClN2O2. The van der Waals surface area contributed by atoms with Crippen LogP contribution in [-0.4, -0.2) is 25.0 Å². The summed E-state index contributed by atoms with van der Waals surface area (Å²) in [7, 11) is 3.42. The molecule has 0 fully saturated rings. The van der Waals surface area contributed by atoms with E-state index >= 15 is 0 Å². The Morgan fingerprint density at radius 2 is 1.74 bits per heavy atom. The number of rotatable bonds is 6. The van der Waals surface area contributed by atoms with Gasteiger partial charge in [0.2, 0.25) is 5.91 Å². The van der Waals surface area contributed by atoms with Gasteiger partial charge in [-0.2, -0.15) is 0 Å². The van der Waals surface area contributed by atoms with Crippen LogP contribution in [0.5, 0.6) is 5.75 Å². The van der Waals surface area contributed by atoms with Gasteiger partial charge in [-0.1, -0.05) is 48.5 Å². The van der Waals surface area contributed by atoms with Crippen molar-refractivity contribution in [2.24, 2.45) is 5.73 Å². The molecule has 2 aromatic carbocycles. The van der Waals surface area contributed by atoms with Crippen LogP contribution in [0.3, 0.4) is 0 Å². The molecule has 5 heteroatoms. The van der Waals surface area contributed by atoms with E-state index in [1.54, 1.807) is 19.1 Å². The van der Waals surface area contributed by atoms with E-state index in [1.165, 1.54) is 0 Å². The number of amides is 1. The molecule has 0 aliphatic carbocycles. The highest BCUT2D eigenvalue weighted by molar-refractivity contribution is 5.85. The van der Waals surface area contributed by atoms with Gasteiger partial charge < -0.3 is 15.4 Å². The Morgan fingerprint density at radius 3 is 2.39 bits per heavy atom. The van der Waals surface area contributed by atoms with E-state index in [-0.39, 0.29) is 30.8 Å². The molecule has 0 saturated heterocycles. The lowest BCUT2D eigenvalue weighted by molar-refractivity contribution is -0.130. The van der Waals surface area contributed by atoms with Crippen molar-refractivity contribution in [2.75, 3.05) is 14.2 Å². The maximum Gasteiger partial charge on any atom is 0.224 e. The second kappa shape index (κ2) is 9.18. The molecule has 23 heavy (non-hydrogen) atoms. The molecule has 0 aliphatic heterocycles. The standard InChI is InChI=1S/C18H22N2O2.ClH/c1-20(13-15-10-6-7-11-17(15)22-2)18(21)12-16(19)14-8-4-3-5-9-14;/h3-11,16H,12-13,19H2,1-2H3;1H. The molecule has 0 bridgehead atoms. The summed E-state index contributed by atoms with van der Waals surface area (Å²) in [6.45, 7) is 0.504. The average molecular weight is 335 g/mol. The van der Waals surface area contributed by atoms with E-state index < -0.39 is 0 Å². The van der Waals surface area contributed by atoms with Crippen molar-refractivity contribution in [2.45, 2.75) is 19.0 Å². The van der Waals surface area contributed by atoms with E-state index in [0.29, 0.717) is 6.54 Å². The van der Waals surface area contributed by atoms with E-state index in [4.69, 9.17) is 10.5 Å². The summed E-state index contributed by atoms with van der Waals surface area (Å²) in [6, 6.07) is 17.1. The third kappa shape index (κ3) is 5.27. The summed E-state index contributed by atoms with van der Waals surface area (Å²) in [6.07, 6.45) is 0.287. The number of benzene rings is 2. The van der Waals surface area contributed by atoms with Crippen molar-refractivity contribution in [3.05, 3.63) is 65.7 Å². The topological polar surface area (TPSA) is 55.6 Å². The number of nitrogens with zero attached hydrogens (tertiary/aromatic N) is 1. The van der Waals surface area contributed by atoms with Crippen LogP contribution in [0.2, 0.25) is 0 Å². The third-order valence-electron chi connectivity index (χ3n) is 3.65. The summed E-state index contributed by atoms with van der Waals surface area (Å²) >= 11 is 0. The molecule has 4 nitrogen and oxygen atoms in total. The second-order valence-electron chi connectivity index (χ2n) is 5.28. The Bertz CT molecular complexity index is 619. The number of nitrogens with two attached hydrogens (primary N) is 1. The van der Waals surface area contributed by atoms with Crippen molar-refractivity contribution in [3.63, 3.8) is 0 Å². The fourth-order valence-corrected chi connectivity index (χ4v) is 2.34. The first-order valence-electron chi connectivity index (χ1n) is 7.28.